The molecule has 3 aliphatic rings. The first-order valence-corrected chi connectivity index (χ1v) is 17.1. The van der Waals surface area contributed by atoms with Crippen molar-refractivity contribution in [3.8, 4) is 0 Å². The quantitative estimate of drug-likeness (QED) is 0.257. The van der Waals surface area contributed by atoms with Crippen molar-refractivity contribution in [2.45, 2.75) is 58.5 Å². The number of rotatable bonds is 6. The number of hydrogen-bond acceptors (Lipinski definition) is 5. The third kappa shape index (κ3) is 4.91. The molecular weight excluding hydrogens is 554 g/mol. The molecule has 0 N–H and O–H groups in total. The van der Waals surface area contributed by atoms with Gasteiger partial charge in [0.1, 0.15) is 22.2 Å². The third-order valence-electron chi connectivity index (χ3n) is 9.20. The number of allylic oxidation sites excluding steroid dienone is 5. The van der Waals surface area contributed by atoms with Crippen LogP contribution in [0.5, 0.6) is 0 Å². The molecule has 2 aromatic rings. The Morgan fingerprint density at radius 3 is 2.12 bits per heavy atom. The summed E-state index contributed by atoms with van der Waals surface area (Å²) in [5, 5.41) is 3.48. The highest BCUT2D eigenvalue weighted by molar-refractivity contribution is 7.01. The molecule has 2 aliphatic heterocycles. The van der Waals surface area contributed by atoms with Crippen molar-refractivity contribution in [3.05, 3.63) is 87.6 Å². The van der Waals surface area contributed by atoms with E-state index in [1.807, 2.05) is 13.0 Å². The topological polar surface area (TPSA) is 69.9 Å². The number of amides is 2. The van der Waals surface area contributed by atoms with Crippen molar-refractivity contribution in [3.63, 3.8) is 0 Å². The van der Waals surface area contributed by atoms with Crippen LogP contribution in [0, 0.1) is 6.92 Å². The smallest absolute Gasteiger partial charge is 0.363 e. The molecule has 1 saturated heterocycles. The summed E-state index contributed by atoms with van der Waals surface area (Å²) in [4.78, 5) is 44.4. The minimum absolute atomic E-state index is 0.0594. The van der Waals surface area contributed by atoms with Crippen molar-refractivity contribution in [1.82, 2.24) is 5.06 Å². The summed E-state index contributed by atoms with van der Waals surface area (Å²) >= 11 is 0. The van der Waals surface area contributed by atoms with Gasteiger partial charge in [0.25, 0.3) is 11.8 Å². The lowest BCUT2D eigenvalue weighted by Crippen LogP contribution is -2.59. The van der Waals surface area contributed by atoms with E-state index in [-0.39, 0.29) is 12.8 Å². The van der Waals surface area contributed by atoms with Gasteiger partial charge in [0.15, 0.2) is 5.71 Å². The van der Waals surface area contributed by atoms with E-state index < -0.39 is 25.9 Å². The van der Waals surface area contributed by atoms with E-state index in [1.54, 1.807) is 12.1 Å². The molecule has 0 spiro atoms. The number of hydroxylamine groups is 2. The zero-order valence-corrected chi connectivity index (χ0v) is 27.7. The lowest BCUT2D eigenvalue weighted by molar-refractivity contribution is -0.462. The highest BCUT2D eigenvalue weighted by atomic mass is 28.3. The molecule has 2 amide bonds. The van der Waals surface area contributed by atoms with Gasteiger partial charge in [-0.1, -0.05) is 39.8 Å². The Hall–Kier alpha value is -4.04. The summed E-state index contributed by atoms with van der Waals surface area (Å²) in [6.07, 6.45) is 7.01. The molecule has 43 heavy (non-hydrogen) atoms. The number of nitrogens with zero attached hydrogens (tertiary/aromatic N) is 3. The number of imide groups is 1. The SMILES string of the molecule is Cc1cc(C(=O)ON2C(=O)CCC2=O)ccc1C1=C2C=CC(=[N+](C)C)C=C2[Si](C(C)C)(C(C)C)c2cc(N(C)C)ccc21. The standard InChI is InChI=1S/C35H42N3O4Si/c1-21(2)43(22(3)4)30-19-25(36(6)7)11-14-28(30)34(29-15-12-26(37(8)9)20-31(29)43)27-13-10-24(18-23(27)5)35(41)42-38-32(39)16-17-33(38)40/h10-15,18-22H,16-17H2,1-9H3/q+1. The van der Waals surface area contributed by atoms with Gasteiger partial charge >= 0.3 is 5.97 Å². The van der Waals surface area contributed by atoms with Gasteiger partial charge in [-0.25, -0.2) is 9.37 Å². The van der Waals surface area contributed by atoms with Crippen LogP contribution in [-0.2, 0) is 14.4 Å². The van der Waals surface area contributed by atoms with E-state index in [0.717, 1.165) is 16.7 Å². The van der Waals surface area contributed by atoms with Crippen molar-refractivity contribution in [1.29, 1.82) is 0 Å². The van der Waals surface area contributed by atoms with Gasteiger partial charge < -0.3 is 9.74 Å². The number of carbonyl (C=O) groups excluding carboxylic acids is 3. The van der Waals surface area contributed by atoms with E-state index in [2.05, 4.69) is 102 Å². The predicted molar refractivity (Wildman–Crippen MR) is 174 cm³/mol. The van der Waals surface area contributed by atoms with Gasteiger partial charge in [0.05, 0.1) is 5.56 Å². The van der Waals surface area contributed by atoms with Crippen molar-refractivity contribution >= 4 is 48.0 Å². The zero-order chi connectivity index (χ0) is 31.4. The van der Waals surface area contributed by atoms with Crippen LogP contribution in [0.15, 0.2) is 65.4 Å². The fourth-order valence-corrected chi connectivity index (χ4v) is 13.3. The second-order valence-electron chi connectivity index (χ2n) is 12.8. The van der Waals surface area contributed by atoms with Gasteiger partial charge in [0.2, 0.25) is 0 Å². The van der Waals surface area contributed by atoms with Gasteiger partial charge in [-0.2, -0.15) is 0 Å². The van der Waals surface area contributed by atoms with Gasteiger partial charge in [0, 0.05) is 44.8 Å². The molecule has 0 unspecified atom stereocenters. The summed E-state index contributed by atoms with van der Waals surface area (Å²) in [5.74, 6) is -1.70. The van der Waals surface area contributed by atoms with Crippen LogP contribution in [0.25, 0.3) is 5.57 Å². The number of fused-ring (bicyclic) bond motifs is 2. The normalized spacial score (nSPS) is 17.4. The molecule has 1 aliphatic carbocycles. The number of hydrogen-bond donors (Lipinski definition) is 0. The zero-order valence-electron chi connectivity index (χ0n) is 26.7. The lowest BCUT2D eigenvalue weighted by Gasteiger charge is -2.48. The second kappa shape index (κ2) is 11.2. The maximum absolute atomic E-state index is 13.0. The monoisotopic (exact) mass is 596 g/mol. The molecule has 224 valence electrons. The Morgan fingerprint density at radius 1 is 0.930 bits per heavy atom. The molecule has 0 aromatic heterocycles. The number of benzene rings is 2. The summed E-state index contributed by atoms with van der Waals surface area (Å²) < 4.78 is 2.17. The molecule has 2 aromatic carbocycles. The van der Waals surface area contributed by atoms with Crippen molar-refractivity contribution in [2.75, 3.05) is 33.1 Å². The first kappa shape index (κ1) is 30.4. The minimum Gasteiger partial charge on any atom is -0.378 e. The van der Waals surface area contributed by atoms with Crippen molar-refractivity contribution in [2.24, 2.45) is 0 Å². The van der Waals surface area contributed by atoms with E-state index in [4.69, 9.17) is 4.84 Å². The maximum Gasteiger partial charge on any atom is 0.363 e. The average molecular weight is 597 g/mol. The fraction of sp³-hybridized carbons (Fsp3) is 0.371. The largest absolute Gasteiger partial charge is 0.378 e. The second-order valence-corrected chi connectivity index (χ2v) is 17.9. The van der Waals surface area contributed by atoms with Crippen LogP contribution in [0.1, 0.15) is 67.6 Å². The first-order chi connectivity index (χ1) is 20.3. The van der Waals surface area contributed by atoms with Crippen LogP contribution in [0.4, 0.5) is 5.69 Å². The van der Waals surface area contributed by atoms with E-state index in [1.165, 1.54) is 32.9 Å². The van der Waals surface area contributed by atoms with E-state index in [9.17, 15) is 14.4 Å². The Morgan fingerprint density at radius 2 is 1.56 bits per heavy atom. The Balaban J connectivity index is 1.74. The Kier molecular flexibility index (Phi) is 7.94. The molecule has 2 heterocycles. The number of carbonyl (C=O) groups is 3. The third-order valence-corrected chi connectivity index (χ3v) is 15.5. The van der Waals surface area contributed by atoms with Crippen LogP contribution >= 0.6 is 0 Å². The van der Waals surface area contributed by atoms with Crippen LogP contribution in [0.3, 0.4) is 0 Å². The summed E-state index contributed by atoms with van der Waals surface area (Å²) in [6, 6.07) is 12.4. The van der Waals surface area contributed by atoms with Crippen molar-refractivity contribution < 1.29 is 23.8 Å². The number of anilines is 1. The summed E-state index contributed by atoms with van der Waals surface area (Å²) in [7, 11) is 6.05. The highest BCUT2D eigenvalue weighted by Crippen LogP contribution is 2.50. The molecule has 0 saturated carbocycles. The molecule has 1 fully saturated rings. The van der Waals surface area contributed by atoms with Crippen LogP contribution in [0.2, 0.25) is 11.1 Å². The lowest BCUT2D eigenvalue weighted by atomic mass is 9.87. The molecule has 0 radical (unpaired) electrons. The van der Waals surface area contributed by atoms with Gasteiger partial charge in [-0.05, 0) is 86.6 Å². The average Bonchev–Trinajstić information content (AvgIpc) is 3.27. The van der Waals surface area contributed by atoms with E-state index >= 15 is 0 Å². The molecule has 0 bridgehead atoms. The molecular formula is C35H42N3O4Si+. The molecule has 5 rings (SSSR count). The minimum atomic E-state index is -2.31. The summed E-state index contributed by atoms with van der Waals surface area (Å²) in [6.45, 7) is 11.5. The summed E-state index contributed by atoms with van der Waals surface area (Å²) in [5.41, 5.74) is 9.18. The van der Waals surface area contributed by atoms with E-state index in [0.29, 0.717) is 21.7 Å². The molecule has 0 atom stereocenters. The fourth-order valence-electron chi connectivity index (χ4n) is 7.10. The molecule has 8 heteroatoms. The molecule has 7 nitrogen and oxygen atoms in total. The number of aryl methyl sites for hydroxylation is 1. The first-order valence-electron chi connectivity index (χ1n) is 15.0. The van der Waals surface area contributed by atoms with Gasteiger partial charge in [-0.15, -0.1) is 5.06 Å². The van der Waals surface area contributed by atoms with Crippen LogP contribution in [-0.4, -0.2) is 69.4 Å². The Labute approximate surface area is 255 Å². The highest BCUT2D eigenvalue weighted by Gasteiger charge is 2.51. The van der Waals surface area contributed by atoms with Crippen LogP contribution < -0.4 is 10.1 Å². The maximum atomic E-state index is 13.0. The Bertz CT molecular complexity index is 1650. The predicted octanol–water partition coefficient (Wildman–Crippen LogP) is 5.32. The van der Waals surface area contributed by atoms with Gasteiger partial charge in [-0.3, -0.25) is 9.59 Å².